The smallest absolute Gasteiger partial charge is 0.170 e. The summed E-state index contributed by atoms with van der Waals surface area (Å²) in [7, 11) is 0. The maximum atomic E-state index is 12.1. The summed E-state index contributed by atoms with van der Waals surface area (Å²) in [5.74, 6) is -3.63. The summed E-state index contributed by atoms with van der Waals surface area (Å²) >= 11 is 5.17. The molecule has 0 amide bonds. The van der Waals surface area contributed by atoms with E-state index in [2.05, 4.69) is 10.2 Å². The van der Waals surface area contributed by atoms with E-state index in [1.165, 1.54) is 0 Å². The fourth-order valence-electron chi connectivity index (χ4n) is 0.798. The quantitative estimate of drug-likeness (QED) is 0.731. The Morgan fingerprint density at radius 1 is 1.00 bits per heavy atom. The van der Waals surface area contributed by atoms with Crippen molar-refractivity contribution >= 4 is 22.9 Å². The Morgan fingerprint density at radius 2 is 1.47 bits per heavy atom. The molecule has 0 N–H and O–H groups in total. The Morgan fingerprint density at radius 3 is 1.73 bits per heavy atom. The molecule has 0 aliphatic rings. The van der Waals surface area contributed by atoms with Crippen LogP contribution in [0.2, 0.25) is 4.47 Å². The molecule has 0 aliphatic carbocycles. The number of nitrogens with zero attached hydrogens (tertiary/aromatic N) is 2. The minimum Gasteiger partial charge on any atom is -0.170 e. The Balaban J connectivity index is 3.14. The predicted octanol–water partition coefficient (Wildman–Crippen LogP) is 3.40. The van der Waals surface area contributed by atoms with Gasteiger partial charge in [-0.25, -0.2) is 0 Å². The summed E-state index contributed by atoms with van der Waals surface area (Å²) in [6, 6.07) is 0. The van der Waals surface area contributed by atoms with Gasteiger partial charge in [-0.3, -0.25) is 0 Å². The predicted molar refractivity (Wildman–Crippen MR) is 39.8 cm³/mol. The highest BCUT2D eigenvalue weighted by atomic mass is 35.5. The Hall–Kier alpha value is -0.570. The third-order valence-electron chi connectivity index (χ3n) is 1.32. The van der Waals surface area contributed by atoms with Crippen molar-refractivity contribution in [3.8, 4) is 0 Å². The van der Waals surface area contributed by atoms with Crippen molar-refractivity contribution in [2.24, 2.45) is 0 Å². The second kappa shape index (κ2) is 3.78. The normalized spacial score (nSPS) is 13.6. The third kappa shape index (κ3) is 2.94. The Labute approximate surface area is 87.9 Å². The van der Waals surface area contributed by atoms with Crippen molar-refractivity contribution in [1.29, 1.82) is 0 Å². The SMILES string of the molecule is FC(F)(F)C(c1nnc(Cl)s1)C(F)(F)F. The van der Waals surface area contributed by atoms with Crippen LogP contribution in [-0.4, -0.2) is 22.5 Å². The van der Waals surface area contributed by atoms with Gasteiger partial charge < -0.3 is 0 Å². The van der Waals surface area contributed by atoms with Crippen molar-refractivity contribution in [1.82, 2.24) is 10.2 Å². The van der Waals surface area contributed by atoms with Gasteiger partial charge in [0.05, 0.1) is 0 Å². The second-order valence-electron chi connectivity index (χ2n) is 2.41. The van der Waals surface area contributed by atoms with Crippen LogP contribution in [0.3, 0.4) is 0 Å². The summed E-state index contributed by atoms with van der Waals surface area (Å²) < 4.78 is 72.1. The molecule has 1 heterocycles. The van der Waals surface area contributed by atoms with Gasteiger partial charge in [-0.2, -0.15) is 26.3 Å². The molecule has 0 bridgehead atoms. The van der Waals surface area contributed by atoms with Crippen LogP contribution in [0.25, 0.3) is 0 Å². The lowest BCUT2D eigenvalue weighted by atomic mass is 10.1. The first kappa shape index (κ1) is 12.5. The van der Waals surface area contributed by atoms with Gasteiger partial charge in [-0.15, -0.1) is 10.2 Å². The first-order valence-corrected chi connectivity index (χ1v) is 4.44. The number of hydrogen-bond acceptors (Lipinski definition) is 3. The van der Waals surface area contributed by atoms with Crippen LogP contribution in [0.1, 0.15) is 10.9 Å². The van der Waals surface area contributed by atoms with Gasteiger partial charge in [0.1, 0.15) is 5.01 Å². The van der Waals surface area contributed by atoms with E-state index < -0.39 is 27.7 Å². The van der Waals surface area contributed by atoms with Crippen molar-refractivity contribution in [2.45, 2.75) is 18.3 Å². The molecule has 0 aliphatic heterocycles. The van der Waals surface area contributed by atoms with E-state index in [9.17, 15) is 26.3 Å². The molecule has 0 atom stereocenters. The molecule has 0 saturated heterocycles. The van der Waals surface area contributed by atoms with Gasteiger partial charge >= 0.3 is 12.4 Å². The number of halogens is 7. The lowest BCUT2D eigenvalue weighted by Gasteiger charge is -2.19. The lowest BCUT2D eigenvalue weighted by molar-refractivity contribution is -0.253. The molecular formula is C5HClF6N2S. The zero-order chi connectivity index (χ0) is 11.9. The maximum Gasteiger partial charge on any atom is 0.406 e. The highest BCUT2D eigenvalue weighted by Gasteiger charge is 2.59. The van der Waals surface area contributed by atoms with Crippen molar-refractivity contribution < 1.29 is 26.3 Å². The highest BCUT2D eigenvalue weighted by molar-refractivity contribution is 7.15. The topological polar surface area (TPSA) is 25.8 Å². The first-order chi connectivity index (χ1) is 6.62. The third-order valence-corrected chi connectivity index (χ3v) is 2.40. The molecule has 0 saturated carbocycles. The van der Waals surface area contributed by atoms with Crippen LogP contribution >= 0.6 is 22.9 Å². The van der Waals surface area contributed by atoms with E-state index >= 15 is 0 Å². The number of rotatable bonds is 1. The van der Waals surface area contributed by atoms with Gasteiger partial charge in [0.25, 0.3) is 0 Å². The van der Waals surface area contributed by atoms with Gasteiger partial charge in [-0.05, 0) is 11.6 Å². The first-order valence-electron chi connectivity index (χ1n) is 3.24. The van der Waals surface area contributed by atoms with Gasteiger partial charge in [-0.1, -0.05) is 11.3 Å². The molecule has 15 heavy (non-hydrogen) atoms. The molecule has 1 aromatic rings. The standard InChI is InChI=1S/C5HClF6N2S/c6-3-14-13-2(15-3)1(4(7,8)9)5(10,11)12/h1H. The monoisotopic (exact) mass is 270 g/mol. The highest BCUT2D eigenvalue weighted by Crippen LogP contribution is 2.47. The largest absolute Gasteiger partial charge is 0.406 e. The minimum atomic E-state index is -5.46. The van der Waals surface area contributed by atoms with Crippen LogP contribution in [0.5, 0.6) is 0 Å². The van der Waals surface area contributed by atoms with Crippen molar-refractivity contribution in [2.75, 3.05) is 0 Å². The average Bonchev–Trinajstić information content (AvgIpc) is 2.28. The number of aromatic nitrogens is 2. The molecule has 1 aromatic heterocycles. The summed E-state index contributed by atoms with van der Waals surface area (Å²) in [6.45, 7) is 0. The lowest BCUT2D eigenvalue weighted by Crippen LogP contribution is -2.34. The van der Waals surface area contributed by atoms with Gasteiger partial charge in [0.15, 0.2) is 0 Å². The summed E-state index contributed by atoms with van der Waals surface area (Å²) in [6.07, 6.45) is -10.9. The summed E-state index contributed by atoms with van der Waals surface area (Å²) in [5.41, 5.74) is 0. The molecular weight excluding hydrogens is 270 g/mol. The van der Waals surface area contributed by atoms with E-state index in [-0.39, 0.29) is 11.3 Å². The maximum absolute atomic E-state index is 12.1. The number of hydrogen-bond donors (Lipinski definition) is 0. The van der Waals surface area contributed by atoms with Crippen LogP contribution < -0.4 is 0 Å². The fourth-order valence-corrected chi connectivity index (χ4v) is 1.79. The van der Waals surface area contributed by atoms with E-state index in [1.807, 2.05) is 0 Å². The summed E-state index contributed by atoms with van der Waals surface area (Å²) in [5, 5.41) is 4.44. The van der Waals surface area contributed by atoms with E-state index in [4.69, 9.17) is 11.6 Å². The van der Waals surface area contributed by atoms with Crippen molar-refractivity contribution in [3.05, 3.63) is 9.47 Å². The molecule has 2 nitrogen and oxygen atoms in total. The van der Waals surface area contributed by atoms with E-state index in [0.717, 1.165) is 0 Å². The van der Waals surface area contributed by atoms with Gasteiger partial charge in [0.2, 0.25) is 10.4 Å². The Bertz CT molecular complexity index is 330. The molecule has 0 spiro atoms. The fraction of sp³-hybridized carbons (Fsp3) is 0.600. The minimum absolute atomic E-state index is 0.0528. The second-order valence-corrected chi connectivity index (χ2v) is 4.00. The number of alkyl halides is 6. The zero-order valence-electron chi connectivity index (χ0n) is 6.53. The van der Waals surface area contributed by atoms with Crippen LogP contribution in [0.4, 0.5) is 26.3 Å². The average molecular weight is 271 g/mol. The molecule has 1 rings (SSSR count). The van der Waals surface area contributed by atoms with Crippen LogP contribution in [0, 0.1) is 0 Å². The summed E-state index contributed by atoms with van der Waals surface area (Å²) in [4.78, 5) is 0. The molecule has 0 aromatic carbocycles. The molecule has 0 fully saturated rings. The van der Waals surface area contributed by atoms with Crippen LogP contribution in [-0.2, 0) is 0 Å². The van der Waals surface area contributed by atoms with Crippen molar-refractivity contribution in [3.63, 3.8) is 0 Å². The Kier molecular flexibility index (Phi) is 3.15. The molecule has 10 heteroatoms. The van der Waals surface area contributed by atoms with Gasteiger partial charge in [0, 0.05) is 0 Å². The molecule has 0 unspecified atom stereocenters. The van der Waals surface area contributed by atoms with E-state index in [0.29, 0.717) is 0 Å². The molecule has 86 valence electrons. The molecule has 0 radical (unpaired) electrons. The van der Waals surface area contributed by atoms with E-state index in [1.54, 1.807) is 0 Å². The van der Waals surface area contributed by atoms with Crippen LogP contribution in [0.15, 0.2) is 0 Å². The zero-order valence-corrected chi connectivity index (χ0v) is 8.10.